The SMILES string of the molecule is O=C(NCc1cc(C(F)(F)F)cc(C(F)(F)F)c1)[C@]1(C/C=C/c2ccccc2)N=C(c2ccc(OCCCO)cc2)O[C@@H]1c1ccc(Cl)cc1Cl. The lowest BCUT2D eigenvalue weighted by atomic mass is 9.84. The second-order valence-corrected chi connectivity index (χ2v) is 12.4. The number of ether oxygens (including phenoxy) is 2. The Bertz CT molecular complexity index is 1870. The predicted molar refractivity (Wildman–Crippen MR) is 182 cm³/mol. The van der Waals surface area contributed by atoms with Crippen molar-refractivity contribution < 1.29 is 45.7 Å². The molecule has 0 saturated heterocycles. The lowest BCUT2D eigenvalue weighted by Crippen LogP contribution is -2.48. The summed E-state index contributed by atoms with van der Waals surface area (Å²) in [6.45, 7) is -0.461. The third kappa shape index (κ3) is 9.24. The average Bonchev–Trinajstić information content (AvgIpc) is 3.47. The molecule has 0 aliphatic carbocycles. The molecule has 4 aromatic carbocycles. The van der Waals surface area contributed by atoms with Gasteiger partial charge in [-0.15, -0.1) is 0 Å². The molecule has 0 saturated carbocycles. The van der Waals surface area contributed by atoms with Gasteiger partial charge in [0, 0.05) is 47.2 Å². The molecule has 1 heterocycles. The fourth-order valence-corrected chi connectivity index (χ4v) is 5.91. The van der Waals surface area contributed by atoms with E-state index in [1.165, 1.54) is 12.1 Å². The molecule has 2 N–H and O–H groups in total. The number of nitrogens with one attached hydrogen (secondary N) is 1. The Hall–Kier alpha value is -4.52. The molecule has 0 fully saturated rings. The van der Waals surface area contributed by atoms with Crippen LogP contribution in [-0.2, 0) is 28.4 Å². The van der Waals surface area contributed by atoms with Gasteiger partial charge in [-0.3, -0.25) is 4.79 Å². The zero-order valence-corrected chi connectivity index (χ0v) is 28.1. The van der Waals surface area contributed by atoms with Gasteiger partial charge >= 0.3 is 12.4 Å². The number of carbonyl (C=O) groups is 1. The molecule has 2 atom stereocenters. The van der Waals surface area contributed by atoms with Crippen molar-refractivity contribution >= 4 is 41.1 Å². The average molecular weight is 752 g/mol. The molecular formula is C37H30Cl2F6N2O4. The quantitative estimate of drug-likeness (QED) is 0.112. The number of benzene rings is 4. The number of aliphatic hydroxyl groups excluding tert-OH is 1. The summed E-state index contributed by atoms with van der Waals surface area (Å²) in [7, 11) is 0. The Labute approximate surface area is 299 Å². The van der Waals surface area contributed by atoms with Gasteiger partial charge in [0.2, 0.25) is 5.90 Å². The number of hydrogen-bond acceptors (Lipinski definition) is 5. The molecular weight excluding hydrogens is 721 g/mol. The lowest BCUT2D eigenvalue weighted by Gasteiger charge is -2.30. The van der Waals surface area contributed by atoms with E-state index in [-0.39, 0.29) is 36.6 Å². The predicted octanol–water partition coefficient (Wildman–Crippen LogP) is 9.47. The topological polar surface area (TPSA) is 80.2 Å². The number of alkyl halides is 6. The Kier molecular flexibility index (Phi) is 11.7. The first-order chi connectivity index (χ1) is 24.2. The minimum atomic E-state index is -5.07. The molecule has 51 heavy (non-hydrogen) atoms. The number of halogens is 8. The number of nitrogens with zero attached hydrogens (tertiary/aromatic N) is 1. The van der Waals surface area contributed by atoms with Gasteiger partial charge in [-0.05, 0) is 65.7 Å². The van der Waals surface area contributed by atoms with E-state index in [1.54, 1.807) is 42.5 Å². The van der Waals surface area contributed by atoms with E-state index in [0.29, 0.717) is 40.5 Å². The van der Waals surface area contributed by atoms with Gasteiger partial charge in [-0.2, -0.15) is 26.3 Å². The van der Waals surface area contributed by atoms with Crippen molar-refractivity contribution in [1.82, 2.24) is 5.32 Å². The van der Waals surface area contributed by atoms with Gasteiger partial charge in [0.05, 0.1) is 17.7 Å². The summed E-state index contributed by atoms with van der Waals surface area (Å²) in [6.07, 6.45) is -7.65. The highest BCUT2D eigenvalue weighted by molar-refractivity contribution is 6.35. The van der Waals surface area contributed by atoms with E-state index in [9.17, 15) is 31.1 Å². The van der Waals surface area contributed by atoms with Crippen LogP contribution in [0.15, 0.2) is 102 Å². The Morgan fingerprint density at radius 3 is 2.20 bits per heavy atom. The standard InChI is InChI=1S/C37H30Cl2F6N2O4/c38-28-11-14-30(31(39)21-28)32-35(15-4-8-23-6-2-1-3-7-23,47-33(51-32)25-9-12-29(13-10-25)50-17-5-16-48)34(49)46-22-24-18-26(36(40,41)42)20-27(19-24)37(43,44)45/h1-4,6-14,18-21,32,48H,5,15-17,22H2,(H,46,49)/b8-4+/t32-,35-/m1/s1. The fourth-order valence-electron chi connectivity index (χ4n) is 5.40. The van der Waals surface area contributed by atoms with Crippen LogP contribution < -0.4 is 10.1 Å². The van der Waals surface area contributed by atoms with Crippen LogP contribution >= 0.6 is 23.2 Å². The Morgan fingerprint density at radius 2 is 1.59 bits per heavy atom. The van der Waals surface area contributed by atoms with Crippen LogP contribution in [0.3, 0.4) is 0 Å². The molecule has 0 aromatic heterocycles. The maximum Gasteiger partial charge on any atom is 0.416 e. The van der Waals surface area contributed by atoms with Crippen LogP contribution in [0, 0.1) is 0 Å². The number of aliphatic hydroxyl groups is 1. The highest BCUT2D eigenvalue weighted by Gasteiger charge is 2.53. The van der Waals surface area contributed by atoms with Crippen molar-refractivity contribution in [3.8, 4) is 5.75 Å². The van der Waals surface area contributed by atoms with Crippen molar-refractivity contribution in [2.24, 2.45) is 4.99 Å². The van der Waals surface area contributed by atoms with Crippen molar-refractivity contribution in [2.75, 3.05) is 13.2 Å². The maximum atomic E-state index is 14.4. The third-order valence-corrected chi connectivity index (χ3v) is 8.48. The molecule has 0 radical (unpaired) electrons. The lowest BCUT2D eigenvalue weighted by molar-refractivity contribution is -0.143. The summed E-state index contributed by atoms with van der Waals surface area (Å²) in [5.74, 6) is -0.326. The van der Waals surface area contributed by atoms with Gasteiger partial charge in [0.25, 0.3) is 5.91 Å². The second kappa shape index (κ2) is 15.8. The van der Waals surface area contributed by atoms with Gasteiger partial charge < -0.3 is 19.9 Å². The molecule has 1 aliphatic heterocycles. The Balaban J connectivity index is 1.58. The molecule has 6 nitrogen and oxygen atoms in total. The van der Waals surface area contributed by atoms with Crippen molar-refractivity contribution in [2.45, 2.75) is 43.4 Å². The van der Waals surface area contributed by atoms with Gasteiger partial charge in [-0.25, -0.2) is 4.99 Å². The molecule has 268 valence electrons. The van der Waals surface area contributed by atoms with E-state index in [2.05, 4.69) is 5.32 Å². The van der Waals surface area contributed by atoms with Crippen LogP contribution in [0.1, 0.15) is 52.3 Å². The maximum absolute atomic E-state index is 14.4. The van der Waals surface area contributed by atoms with E-state index >= 15 is 0 Å². The molecule has 1 aliphatic rings. The first kappa shape index (κ1) is 37.7. The van der Waals surface area contributed by atoms with Crippen molar-refractivity contribution in [1.29, 1.82) is 0 Å². The fraction of sp³-hybridized carbons (Fsp3) is 0.243. The van der Waals surface area contributed by atoms with Crippen LogP contribution in [0.25, 0.3) is 6.08 Å². The second-order valence-electron chi connectivity index (χ2n) is 11.6. The summed E-state index contributed by atoms with van der Waals surface area (Å²) in [5, 5.41) is 12.0. The molecule has 0 unspecified atom stereocenters. The first-order valence-electron chi connectivity index (χ1n) is 15.5. The van der Waals surface area contributed by atoms with Crippen LogP contribution in [-0.4, -0.2) is 35.7 Å². The highest BCUT2D eigenvalue weighted by atomic mass is 35.5. The monoisotopic (exact) mass is 750 g/mol. The van der Waals surface area contributed by atoms with Gasteiger partial charge in [-0.1, -0.05) is 71.8 Å². The Morgan fingerprint density at radius 1 is 0.922 bits per heavy atom. The largest absolute Gasteiger partial charge is 0.494 e. The van der Waals surface area contributed by atoms with Crippen LogP contribution in [0.2, 0.25) is 10.0 Å². The van der Waals surface area contributed by atoms with Crippen LogP contribution in [0.5, 0.6) is 5.75 Å². The van der Waals surface area contributed by atoms with E-state index < -0.39 is 53.1 Å². The van der Waals surface area contributed by atoms with E-state index in [1.807, 2.05) is 30.3 Å². The number of carbonyl (C=O) groups excluding carboxylic acids is 1. The number of rotatable bonds is 12. The summed E-state index contributed by atoms with van der Waals surface area (Å²) in [5.41, 5.74) is -3.77. The van der Waals surface area contributed by atoms with Crippen LogP contribution in [0.4, 0.5) is 26.3 Å². The zero-order valence-electron chi connectivity index (χ0n) is 26.6. The summed E-state index contributed by atoms with van der Waals surface area (Å²) in [4.78, 5) is 19.2. The third-order valence-electron chi connectivity index (χ3n) is 7.91. The van der Waals surface area contributed by atoms with E-state index in [4.69, 9.17) is 42.8 Å². The highest BCUT2D eigenvalue weighted by Crippen LogP contribution is 2.46. The molecule has 14 heteroatoms. The first-order valence-corrected chi connectivity index (χ1v) is 16.3. The molecule has 1 amide bonds. The summed E-state index contributed by atoms with van der Waals surface area (Å²) >= 11 is 12.8. The minimum Gasteiger partial charge on any atom is -0.494 e. The summed E-state index contributed by atoms with van der Waals surface area (Å²) in [6, 6.07) is 21.3. The minimum absolute atomic E-state index is 0.0179. The van der Waals surface area contributed by atoms with Gasteiger partial charge in [0.15, 0.2) is 11.6 Å². The summed E-state index contributed by atoms with van der Waals surface area (Å²) < 4.78 is 93.6. The molecule has 0 bridgehead atoms. The number of hydrogen-bond donors (Lipinski definition) is 2. The zero-order chi connectivity index (χ0) is 36.8. The number of aliphatic imine (C=N–C) groups is 1. The molecule has 0 spiro atoms. The van der Waals surface area contributed by atoms with Gasteiger partial charge in [0.1, 0.15) is 5.75 Å². The smallest absolute Gasteiger partial charge is 0.416 e. The van der Waals surface area contributed by atoms with Crippen molar-refractivity contribution in [3.05, 3.63) is 140 Å². The number of amides is 1. The molecule has 4 aromatic rings. The van der Waals surface area contributed by atoms with Crippen molar-refractivity contribution in [3.63, 3.8) is 0 Å². The molecule has 5 rings (SSSR count). The van der Waals surface area contributed by atoms with E-state index in [0.717, 1.165) is 5.56 Å². The normalized spacial score (nSPS) is 17.7.